The minimum atomic E-state index is -1.85. The van der Waals surface area contributed by atoms with Gasteiger partial charge in [-0.15, -0.1) is 0 Å². The Balaban J connectivity index is 3.64. The molecule has 0 aromatic rings. The first-order valence-corrected chi connectivity index (χ1v) is 2.05. The van der Waals surface area contributed by atoms with Gasteiger partial charge in [0, 0.05) is 0 Å². The summed E-state index contributed by atoms with van der Waals surface area (Å²) in [5, 5.41) is 26.1. The second-order valence-corrected chi connectivity index (χ2v) is 1.44. The van der Waals surface area contributed by atoms with E-state index in [-0.39, 0.29) is 0 Å². The Kier molecular flexibility index (Phi) is 2.36. The summed E-state index contributed by atoms with van der Waals surface area (Å²) in [6.07, 6.45) is -3.15. The van der Waals surface area contributed by atoms with Gasteiger partial charge >= 0.3 is 6.23 Å². The summed E-state index contributed by atoms with van der Waals surface area (Å²) in [5.41, 5.74) is 0. The second-order valence-electron chi connectivity index (χ2n) is 1.44. The van der Waals surface area contributed by atoms with E-state index in [1.165, 1.54) is 0 Å². The topological polar surface area (TPSA) is 83.6 Å². The fourth-order valence-electron chi connectivity index (χ4n) is 0.176. The van der Waals surface area contributed by atoms with Crippen molar-refractivity contribution < 1.29 is 15.1 Å². The van der Waals surface area contributed by atoms with Crippen LogP contribution in [0.4, 0.5) is 0 Å². The van der Waals surface area contributed by atoms with Gasteiger partial charge < -0.3 is 10.2 Å². The zero-order chi connectivity index (χ0) is 6.73. The van der Waals surface area contributed by atoms with E-state index in [0.29, 0.717) is 0 Å². The van der Waals surface area contributed by atoms with Crippen molar-refractivity contribution in [1.82, 2.24) is 0 Å². The van der Waals surface area contributed by atoms with E-state index in [9.17, 15) is 10.1 Å². The molecule has 0 saturated carbocycles. The van der Waals surface area contributed by atoms with E-state index in [2.05, 4.69) is 0 Å². The van der Waals surface area contributed by atoms with Crippen molar-refractivity contribution in [1.29, 1.82) is 0 Å². The van der Waals surface area contributed by atoms with Crippen molar-refractivity contribution >= 4 is 0 Å². The van der Waals surface area contributed by atoms with Gasteiger partial charge in [-0.3, -0.25) is 10.1 Å². The number of hydrogen-bond donors (Lipinski definition) is 2. The molecule has 0 spiro atoms. The number of nitrogens with zero attached hydrogens (tertiary/aromatic N) is 1. The van der Waals surface area contributed by atoms with Gasteiger partial charge in [0.2, 0.25) is 0 Å². The lowest BCUT2D eigenvalue weighted by Gasteiger charge is -2.02. The van der Waals surface area contributed by atoms with Crippen molar-refractivity contribution in [3.05, 3.63) is 10.1 Å². The fraction of sp³-hybridized carbons (Fsp3) is 1.00. The predicted molar refractivity (Wildman–Crippen MR) is 24.7 cm³/mol. The molecule has 0 amide bonds. The van der Waals surface area contributed by atoms with E-state index in [0.717, 1.165) is 6.92 Å². The lowest BCUT2D eigenvalue weighted by molar-refractivity contribution is -0.581. The predicted octanol–water partition coefficient (Wildman–Crippen LogP) is -1.04. The highest BCUT2D eigenvalue weighted by atomic mass is 16.7. The van der Waals surface area contributed by atoms with Crippen LogP contribution in [0.3, 0.4) is 0 Å². The number of rotatable bonds is 2. The Morgan fingerprint density at radius 1 is 1.62 bits per heavy atom. The number of nitro groups is 1. The molecule has 8 heavy (non-hydrogen) atoms. The number of aliphatic hydroxyl groups is 2. The third-order valence-electron chi connectivity index (χ3n) is 0.647. The second kappa shape index (κ2) is 2.58. The molecule has 0 fully saturated rings. The van der Waals surface area contributed by atoms with Gasteiger partial charge in [-0.2, -0.15) is 0 Å². The Morgan fingerprint density at radius 2 is 2.00 bits per heavy atom. The zero-order valence-corrected chi connectivity index (χ0v) is 4.31. The van der Waals surface area contributed by atoms with E-state index in [1.54, 1.807) is 0 Å². The third kappa shape index (κ3) is 1.85. The molecule has 0 aliphatic rings. The van der Waals surface area contributed by atoms with Crippen LogP contribution >= 0.6 is 0 Å². The SMILES string of the molecule is CC(O)C(O)[N+](=O)[O-]. The van der Waals surface area contributed by atoms with Crippen molar-refractivity contribution in [3.63, 3.8) is 0 Å². The summed E-state index contributed by atoms with van der Waals surface area (Å²) >= 11 is 0. The van der Waals surface area contributed by atoms with Crippen LogP contribution in [0.5, 0.6) is 0 Å². The van der Waals surface area contributed by atoms with E-state index < -0.39 is 17.3 Å². The zero-order valence-electron chi connectivity index (χ0n) is 4.31. The van der Waals surface area contributed by atoms with Gasteiger partial charge in [0.25, 0.3) is 0 Å². The lowest BCUT2D eigenvalue weighted by Crippen LogP contribution is -2.30. The smallest absolute Gasteiger partial charge is 0.338 e. The molecule has 2 atom stereocenters. The molecule has 5 heteroatoms. The largest absolute Gasteiger partial charge is 0.383 e. The van der Waals surface area contributed by atoms with Gasteiger partial charge in [0.15, 0.2) is 0 Å². The van der Waals surface area contributed by atoms with Crippen molar-refractivity contribution in [2.75, 3.05) is 0 Å². The molecule has 5 nitrogen and oxygen atoms in total. The summed E-state index contributed by atoms with van der Waals surface area (Å²) in [5.74, 6) is 0. The van der Waals surface area contributed by atoms with Crippen LogP contribution in [0.15, 0.2) is 0 Å². The van der Waals surface area contributed by atoms with Crippen LogP contribution in [0.25, 0.3) is 0 Å². The maximum atomic E-state index is 9.54. The molecule has 0 radical (unpaired) electrons. The van der Waals surface area contributed by atoms with Gasteiger partial charge in [-0.25, -0.2) is 0 Å². The van der Waals surface area contributed by atoms with Crippen LogP contribution in [-0.2, 0) is 0 Å². The van der Waals surface area contributed by atoms with Gasteiger partial charge in [-0.1, -0.05) is 0 Å². The van der Waals surface area contributed by atoms with Crippen LogP contribution in [-0.4, -0.2) is 27.5 Å². The van der Waals surface area contributed by atoms with Gasteiger partial charge in [0.1, 0.15) is 6.10 Å². The first-order chi connectivity index (χ1) is 3.55. The molecule has 0 saturated heterocycles. The molecule has 0 aliphatic heterocycles. The normalized spacial score (nSPS) is 17.4. The standard InChI is InChI=1S/C3H7NO4/c1-2(5)3(6)4(7)8/h2-3,5-6H,1H3. The van der Waals surface area contributed by atoms with Gasteiger partial charge in [0.05, 0.1) is 4.92 Å². The maximum Gasteiger partial charge on any atom is 0.338 e. The van der Waals surface area contributed by atoms with Gasteiger partial charge in [-0.05, 0) is 6.92 Å². The Hall–Kier alpha value is -0.680. The summed E-state index contributed by atoms with van der Waals surface area (Å²) in [6, 6.07) is 0. The Bertz CT molecular complexity index is 91.3. The van der Waals surface area contributed by atoms with Crippen LogP contribution in [0, 0.1) is 10.1 Å². The molecule has 0 bridgehead atoms. The van der Waals surface area contributed by atoms with E-state index >= 15 is 0 Å². The summed E-state index contributed by atoms with van der Waals surface area (Å²) < 4.78 is 0. The van der Waals surface area contributed by atoms with Crippen molar-refractivity contribution in [2.45, 2.75) is 19.3 Å². The average Bonchev–Trinajstić information content (AvgIpc) is 1.64. The maximum absolute atomic E-state index is 9.54. The molecule has 0 heterocycles. The Labute approximate surface area is 45.7 Å². The molecule has 2 N–H and O–H groups in total. The van der Waals surface area contributed by atoms with Crippen LogP contribution in [0.2, 0.25) is 0 Å². The molecule has 0 rings (SSSR count). The Morgan fingerprint density at radius 3 is 2.00 bits per heavy atom. The van der Waals surface area contributed by atoms with Crippen molar-refractivity contribution in [2.24, 2.45) is 0 Å². The highest BCUT2D eigenvalue weighted by Crippen LogP contribution is 1.90. The quantitative estimate of drug-likeness (QED) is 0.278. The molecule has 0 aromatic heterocycles. The minimum absolute atomic E-state index is 0.954. The molecule has 0 aromatic carbocycles. The number of aliphatic hydroxyl groups excluding tert-OH is 2. The fourth-order valence-corrected chi connectivity index (χ4v) is 0.176. The first kappa shape index (κ1) is 7.32. The van der Waals surface area contributed by atoms with E-state index in [4.69, 9.17) is 10.2 Å². The van der Waals surface area contributed by atoms with Crippen molar-refractivity contribution in [3.8, 4) is 0 Å². The number of hydrogen-bond acceptors (Lipinski definition) is 4. The molecule has 48 valence electrons. The lowest BCUT2D eigenvalue weighted by atomic mass is 10.4. The summed E-state index contributed by atoms with van der Waals surface area (Å²) in [7, 11) is 0. The average molecular weight is 121 g/mol. The molecular formula is C3H7NO4. The summed E-state index contributed by atoms with van der Waals surface area (Å²) in [6.45, 7) is 1.15. The summed E-state index contributed by atoms with van der Waals surface area (Å²) in [4.78, 5) is 8.58. The highest BCUT2D eigenvalue weighted by molar-refractivity contribution is 4.45. The molecular weight excluding hydrogens is 114 g/mol. The molecule has 2 unspecified atom stereocenters. The minimum Gasteiger partial charge on any atom is -0.383 e. The van der Waals surface area contributed by atoms with Crippen LogP contribution in [0.1, 0.15) is 6.92 Å². The van der Waals surface area contributed by atoms with E-state index in [1.807, 2.05) is 0 Å². The third-order valence-corrected chi connectivity index (χ3v) is 0.647. The highest BCUT2D eigenvalue weighted by Gasteiger charge is 2.20. The first-order valence-electron chi connectivity index (χ1n) is 2.05. The van der Waals surface area contributed by atoms with Crippen LogP contribution < -0.4 is 0 Å². The monoisotopic (exact) mass is 121 g/mol. The molecule has 0 aliphatic carbocycles.